The molecule has 4 nitrogen and oxygen atoms in total. The van der Waals surface area contributed by atoms with Gasteiger partial charge >= 0.3 is 5.97 Å². The molecular weight excluding hydrogens is 218 g/mol. The molecular formula is C13H19NO3. The van der Waals surface area contributed by atoms with Crippen LogP contribution >= 0.6 is 0 Å². The lowest BCUT2D eigenvalue weighted by molar-refractivity contribution is -0.137. The Labute approximate surface area is 101 Å². The average Bonchev–Trinajstić information content (AvgIpc) is 2.26. The summed E-state index contributed by atoms with van der Waals surface area (Å²) in [7, 11) is 0. The number of ether oxygens (including phenoxy) is 1. The van der Waals surface area contributed by atoms with Crippen LogP contribution in [0.2, 0.25) is 0 Å². The van der Waals surface area contributed by atoms with Crippen LogP contribution in [0.15, 0.2) is 18.2 Å². The number of benzene rings is 1. The summed E-state index contributed by atoms with van der Waals surface area (Å²) in [6, 6.07) is 5.47. The van der Waals surface area contributed by atoms with Crippen molar-refractivity contribution in [3.63, 3.8) is 0 Å². The molecule has 0 aliphatic heterocycles. The molecule has 0 bridgehead atoms. The Morgan fingerprint density at radius 3 is 2.76 bits per heavy atom. The quantitative estimate of drug-likeness (QED) is 0.796. The zero-order chi connectivity index (χ0) is 12.8. The van der Waals surface area contributed by atoms with Crippen LogP contribution in [-0.2, 0) is 4.79 Å². The third kappa shape index (κ3) is 4.07. The summed E-state index contributed by atoms with van der Waals surface area (Å²) < 4.78 is 5.38. The smallest absolute Gasteiger partial charge is 0.303 e. The normalized spacial score (nSPS) is 12.2. The number of rotatable bonds is 6. The molecule has 1 aromatic carbocycles. The van der Waals surface area contributed by atoms with Gasteiger partial charge in [0.05, 0.1) is 6.61 Å². The van der Waals surface area contributed by atoms with Gasteiger partial charge in [-0.05, 0) is 43.5 Å². The number of aliphatic carboxylic acids is 1. The van der Waals surface area contributed by atoms with E-state index in [2.05, 4.69) is 0 Å². The van der Waals surface area contributed by atoms with E-state index in [1.54, 1.807) is 0 Å². The molecule has 1 unspecified atom stereocenters. The summed E-state index contributed by atoms with van der Waals surface area (Å²) >= 11 is 0. The molecule has 0 spiro atoms. The molecule has 4 heteroatoms. The topological polar surface area (TPSA) is 72.5 Å². The fraction of sp³-hybridized carbons (Fsp3) is 0.462. The van der Waals surface area contributed by atoms with Crippen LogP contribution < -0.4 is 10.5 Å². The lowest BCUT2D eigenvalue weighted by Gasteiger charge is -2.15. The third-order valence-corrected chi connectivity index (χ3v) is 2.62. The minimum atomic E-state index is -0.816. The second-order valence-electron chi connectivity index (χ2n) is 3.99. The number of carbonyl (C=O) groups is 1. The molecule has 0 aliphatic carbocycles. The molecule has 0 heterocycles. The number of hydrogen-bond donors (Lipinski definition) is 2. The van der Waals surface area contributed by atoms with Crippen LogP contribution in [0.5, 0.6) is 5.75 Å². The van der Waals surface area contributed by atoms with Gasteiger partial charge in [0.15, 0.2) is 0 Å². The van der Waals surface area contributed by atoms with Crippen molar-refractivity contribution in [1.82, 2.24) is 0 Å². The maximum atomic E-state index is 10.5. The van der Waals surface area contributed by atoms with E-state index >= 15 is 0 Å². The van der Waals surface area contributed by atoms with Gasteiger partial charge in [-0.1, -0.05) is 6.07 Å². The zero-order valence-corrected chi connectivity index (χ0v) is 10.3. The Hall–Kier alpha value is -1.55. The minimum absolute atomic E-state index is 0.0911. The van der Waals surface area contributed by atoms with Crippen molar-refractivity contribution in [2.45, 2.75) is 32.7 Å². The molecule has 0 aromatic heterocycles. The van der Waals surface area contributed by atoms with Gasteiger partial charge in [0.1, 0.15) is 5.75 Å². The first-order chi connectivity index (χ1) is 8.04. The number of aryl methyl sites for hydroxylation is 1. The molecule has 17 heavy (non-hydrogen) atoms. The third-order valence-electron chi connectivity index (χ3n) is 2.62. The van der Waals surface area contributed by atoms with Gasteiger partial charge in [-0.3, -0.25) is 4.79 Å². The molecule has 94 valence electrons. The van der Waals surface area contributed by atoms with Gasteiger partial charge in [0, 0.05) is 12.5 Å². The van der Waals surface area contributed by atoms with Crippen molar-refractivity contribution in [3.8, 4) is 5.75 Å². The molecule has 1 aromatic rings. The van der Waals surface area contributed by atoms with Crippen molar-refractivity contribution >= 4 is 5.97 Å². The molecule has 0 saturated heterocycles. The van der Waals surface area contributed by atoms with E-state index < -0.39 is 5.97 Å². The highest BCUT2D eigenvalue weighted by molar-refractivity contribution is 5.66. The highest BCUT2D eigenvalue weighted by atomic mass is 16.5. The number of carboxylic acids is 1. The fourth-order valence-corrected chi connectivity index (χ4v) is 1.76. The number of carboxylic acid groups (broad SMARTS) is 1. The van der Waals surface area contributed by atoms with Gasteiger partial charge < -0.3 is 15.6 Å². The first-order valence-electron chi connectivity index (χ1n) is 5.75. The maximum Gasteiger partial charge on any atom is 0.303 e. The van der Waals surface area contributed by atoms with Crippen LogP contribution in [0.1, 0.15) is 36.9 Å². The van der Waals surface area contributed by atoms with Crippen LogP contribution in [0.3, 0.4) is 0 Å². The number of hydrogen-bond acceptors (Lipinski definition) is 3. The van der Waals surface area contributed by atoms with Crippen LogP contribution in [0, 0.1) is 6.92 Å². The Kier molecular flexibility index (Phi) is 4.97. The second-order valence-corrected chi connectivity index (χ2v) is 3.99. The Morgan fingerprint density at radius 2 is 2.24 bits per heavy atom. The van der Waals surface area contributed by atoms with Crippen molar-refractivity contribution in [2.75, 3.05) is 6.61 Å². The molecule has 0 aliphatic rings. The minimum Gasteiger partial charge on any atom is -0.494 e. The van der Waals surface area contributed by atoms with E-state index in [9.17, 15) is 4.79 Å². The summed E-state index contributed by atoms with van der Waals surface area (Å²) in [6.45, 7) is 4.52. The molecule has 3 N–H and O–H groups in total. The van der Waals surface area contributed by atoms with Crippen molar-refractivity contribution in [3.05, 3.63) is 29.3 Å². The van der Waals surface area contributed by atoms with E-state index in [0.717, 1.165) is 16.9 Å². The average molecular weight is 237 g/mol. The molecule has 0 radical (unpaired) electrons. The van der Waals surface area contributed by atoms with Crippen LogP contribution in [0.4, 0.5) is 0 Å². The summed E-state index contributed by atoms with van der Waals surface area (Å²) in [5.41, 5.74) is 7.98. The SMILES string of the molecule is CCOc1ccc(C(N)CCC(=O)O)c(C)c1. The Morgan fingerprint density at radius 1 is 1.53 bits per heavy atom. The van der Waals surface area contributed by atoms with Gasteiger partial charge in [-0.25, -0.2) is 0 Å². The molecule has 1 atom stereocenters. The predicted octanol–water partition coefficient (Wildman–Crippen LogP) is 2.26. The summed E-state index contributed by atoms with van der Waals surface area (Å²) in [5.74, 6) is 0.00299. The van der Waals surface area contributed by atoms with Gasteiger partial charge in [-0.15, -0.1) is 0 Å². The van der Waals surface area contributed by atoms with Gasteiger partial charge in [0.25, 0.3) is 0 Å². The lowest BCUT2D eigenvalue weighted by Crippen LogP contribution is -2.13. The largest absolute Gasteiger partial charge is 0.494 e. The maximum absolute atomic E-state index is 10.5. The molecule has 0 amide bonds. The zero-order valence-electron chi connectivity index (χ0n) is 10.3. The van der Waals surface area contributed by atoms with Gasteiger partial charge in [0.2, 0.25) is 0 Å². The van der Waals surface area contributed by atoms with E-state index in [4.69, 9.17) is 15.6 Å². The monoisotopic (exact) mass is 237 g/mol. The van der Waals surface area contributed by atoms with E-state index in [0.29, 0.717) is 13.0 Å². The molecule has 0 saturated carbocycles. The summed E-state index contributed by atoms with van der Waals surface area (Å²) in [6.07, 6.45) is 0.540. The Balaban J connectivity index is 2.73. The standard InChI is InChI=1S/C13H19NO3/c1-3-17-10-4-5-11(9(2)8-10)12(14)6-7-13(15)16/h4-5,8,12H,3,6-7,14H2,1-2H3,(H,15,16). The lowest BCUT2D eigenvalue weighted by atomic mass is 9.98. The van der Waals surface area contributed by atoms with E-state index in [-0.39, 0.29) is 12.5 Å². The highest BCUT2D eigenvalue weighted by Crippen LogP contribution is 2.24. The van der Waals surface area contributed by atoms with Crippen LogP contribution in [0.25, 0.3) is 0 Å². The highest BCUT2D eigenvalue weighted by Gasteiger charge is 2.11. The molecule has 0 fully saturated rings. The predicted molar refractivity (Wildman–Crippen MR) is 66.1 cm³/mol. The van der Waals surface area contributed by atoms with Crippen molar-refractivity contribution in [1.29, 1.82) is 0 Å². The van der Waals surface area contributed by atoms with Gasteiger partial charge in [-0.2, -0.15) is 0 Å². The first-order valence-corrected chi connectivity index (χ1v) is 5.75. The Bertz CT molecular complexity index is 390. The van der Waals surface area contributed by atoms with E-state index in [1.165, 1.54) is 0 Å². The van der Waals surface area contributed by atoms with Crippen molar-refractivity contribution in [2.24, 2.45) is 5.73 Å². The second kappa shape index (κ2) is 6.25. The number of nitrogens with two attached hydrogens (primary N) is 1. The van der Waals surface area contributed by atoms with Crippen LogP contribution in [-0.4, -0.2) is 17.7 Å². The summed E-state index contributed by atoms with van der Waals surface area (Å²) in [4.78, 5) is 10.5. The fourth-order valence-electron chi connectivity index (χ4n) is 1.76. The van der Waals surface area contributed by atoms with Crippen molar-refractivity contribution < 1.29 is 14.6 Å². The first kappa shape index (κ1) is 13.5. The molecule has 1 rings (SSSR count). The van der Waals surface area contributed by atoms with E-state index in [1.807, 2.05) is 32.0 Å². The summed E-state index contributed by atoms with van der Waals surface area (Å²) in [5, 5.41) is 8.62.